The normalized spacial score (nSPS) is 26.8. The molecule has 1 aromatic rings. The van der Waals surface area contributed by atoms with Crippen LogP contribution in [-0.4, -0.2) is 53.5 Å². The predicted octanol–water partition coefficient (Wildman–Crippen LogP) is 3.20. The van der Waals surface area contributed by atoms with E-state index in [1.54, 1.807) is 0 Å². The largest absolute Gasteiger partial charge is 0.352 e. The van der Waals surface area contributed by atoms with Crippen LogP contribution in [0.5, 0.6) is 0 Å². The fraction of sp³-hybridized carbons (Fsp3) is 0.609. The third-order valence-electron chi connectivity index (χ3n) is 6.47. The van der Waals surface area contributed by atoms with Gasteiger partial charge in [0, 0.05) is 24.0 Å². The minimum absolute atomic E-state index is 0.0355. The van der Waals surface area contributed by atoms with Crippen molar-refractivity contribution in [2.24, 2.45) is 5.92 Å². The van der Waals surface area contributed by atoms with E-state index < -0.39 is 5.25 Å². The number of nitrogens with one attached hydrogen (secondary N) is 1. The Balaban J connectivity index is 1.48. The number of nitrogens with zero attached hydrogens (tertiary/aromatic N) is 2. The first-order valence-electron chi connectivity index (χ1n) is 11.2. The second-order valence-corrected chi connectivity index (χ2v) is 9.95. The third-order valence-corrected chi connectivity index (χ3v) is 7.70. The van der Waals surface area contributed by atoms with Gasteiger partial charge < -0.3 is 15.1 Å². The van der Waals surface area contributed by atoms with E-state index >= 15 is 0 Å². The summed E-state index contributed by atoms with van der Waals surface area (Å²) >= 11 is 1.32. The first-order valence-corrected chi connectivity index (χ1v) is 12.1. The van der Waals surface area contributed by atoms with Gasteiger partial charge in [-0.25, -0.2) is 0 Å². The van der Waals surface area contributed by atoms with Gasteiger partial charge in [0.2, 0.25) is 11.8 Å². The van der Waals surface area contributed by atoms with Gasteiger partial charge in [0.05, 0.1) is 5.69 Å². The molecular formula is C23H31N3O3S. The summed E-state index contributed by atoms with van der Waals surface area (Å²) < 4.78 is 0. The van der Waals surface area contributed by atoms with Crippen LogP contribution in [-0.2, 0) is 14.4 Å². The van der Waals surface area contributed by atoms with Crippen LogP contribution in [0, 0.1) is 5.92 Å². The van der Waals surface area contributed by atoms with Gasteiger partial charge >= 0.3 is 0 Å². The highest BCUT2D eigenvalue weighted by Crippen LogP contribution is 2.40. The molecule has 1 atom stereocenters. The summed E-state index contributed by atoms with van der Waals surface area (Å²) in [4.78, 5) is 43.4. The van der Waals surface area contributed by atoms with Crippen molar-refractivity contribution in [2.45, 2.75) is 68.1 Å². The van der Waals surface area contributed by atoms with Crippen LogP contribution >= 0.6 is 11.8 Å². The summed E-state index contributed by atoms with van der Waals surface area (Å²) in [6.45, 7) is 3.64. The van der Waals surface area contributed by atoms with E-state index in [2.05, 4.69) is 12.2 Å². The highest BCUT2D eigenvalue weighted by atomic mass is 32.2. The number of hydrogen-bond acceptors (Lipinski definition) is 4. The maximum atomic E-state index is 13.3. The Labute approximate surface area is 182 Å². The van der Waals surface area contributed by atoms with Crippen molar-refractivity contribution in [3.05, 3.63) is 24.3 Å². The summed E-state index contributed by atoms with van der Waals surface area (Å²) in [5, 5.41) is 2.31. The van der Waals surface area contributed by atoms with Gasteiger partial charge in [0.25, 0.3) is 5.91 Å². The number of benzene rings is 1. The van der Waals surface area contributed by atoms with Crippen LogP contribution in [0.1, 0.15) is 51.9 Å². The molecule has 0 radical (unpaired) electrons. The molecule has 3 aliphatic rings. The third kappa shape index (κ3) is 4.66. The van der Waals surface area contributed by atoms with E-state index in [1.165, 1.54) is 16.7 Å². The summed E-state index contributed by atoms with van der Waals surface area (Å²) in [7, 11) is 0. The number of thioether (sulfide) groups is 1. The number of hydrogen-bond donors (Lipinski definition) is 1. The lowest BCUT2D eigenvalue weighted by molar-refractivity contribution is -0.136. The van der Waals surface area contributed by atoms with E-state index in [9.17, 15) is 14.4 Å². The first kappa shape index (κ1) is 21.2. The van der Waals surface area contributed by atoms with Crippen LogP contribution in [0.4, 0.5) is 5.69 Å². The monoisotopic (exact) mass is 429 g/mol. The molecule has 0 bridgehead atoms. The van der Waals surface area contributed by atoms with Crippen molar-refractivity contribution in [3.8, 4) is 0 Å². The number of likely N-dealkylation sites (tertiary alicyclic amines) is 1. The van der Waals surface area contributed by atoms with Crippen molar-refractivity contribution in [1.82, 2.24) is 10.2 Å². The van der Waals surface area contributed by atoms with Crippen molar-refractivity contribution in [2.75, 3.05) is 24.5 Å². The van der Waals surface area contributed by atoms with Crippen molar-refractivity contribution >= 4 is 35.2 Å². The maximum absolute atomic E-state index is 13.3. The summed E-state index contributed by atoms with van der Waals surface area (Å²) in [5.74, 6) is 0.175. The smallest absolute Gasteiger partial charge is 0.250 e. The number of para-hydroxylation sites is 1. The lowest BCUT2D eigenvalue weighted by Gasteiger charge is -2.36. The van der Waals surface area contributed by atoms with Crippen LogP contribution in [0.15, 0.2) is 29.2 Å². The molecule has 7 heteroatoms. The molecule has 1 aliphatic carbocycles. The molecular weight excluding hydrogens is 398 g/mol. The lowest BCUT2D eigenvalue weighted by Crippen LogP contribution is -2.53. The highest BCUT2D eigenvalue weighted by molar-refractivity contribution is 8.01. The predicted molar refractivity (Wildman–Crippen MR) is 118 cm³/mol. The highest BCUT2D eigenvalue weighted by Gasteiger charge is 2.41. The molecule has 1 aromatic carbocycles. The molecule has 0 aromatic heterocycles. The van der Waals surface area contributed by atoms with Crippen molar-refractivity contribution < 1.29 is 14.4 Å². The molecule has 1 unspecified atom stereocenters. The standard InChI is InChI=1S/C23H31N3O3S/c1-16-9-11-17(12-10-16)24-20(27)15-26-18-7-3-4-8-19(18)30-21(23(26)29)22(28)25-13-5-2-6-14-25/h3-4,7-8,16-17,21H,2,5-6,9-15H2,1H3,(H,24,27). The Bertz CT molecular complexity index is 801. The fourth-order valence-electron chi connectivity index (χ4n) is 4.64. The zero-order valence-electron chi connectivity index (χ0n) is 17.6. The minimum atomic E-state index is -0.804. The summed E-state index contributed by atoms with van der Waals surface area (Å²) in [6.07, 6.45) is 7.33. The number of anilines is 1. The number of amides is 3. The van der Waals surface area contributed by atoms with Gasteiger partial charge in [-0.2, -0.15) is 0 Å². The van der Waals surface area contributed by atoms with Crippen LogP contribution in [0.25, 0.3) is 0 Å². The minimum Gasteiger partial charge on any atom is -0.352 e. The summed E-state index contributed by atoms with van der Waals surface area (Å²) in [5.41, 5.74) is 0.725. The van der Waals surface area contributed by atoms with Crippen LogP contribution in [0.2, 0.25) is 0 Å². The SMILES string of the molecule is CC1CCC(NC(=O)CN2C(=O)C(C(=O)N3CCCCC3)Sc3ccccc32)CC1. The molecule has 1 saturated carbocycles. The topological polar surface area (TPSA) is 69.7 Å². The molecule has 2 aliphatic heterocycles. The van der Waals surface area contributed by atoms with Gasteiger partial charge in [0.15, 0.2) is 5.25 Å². The lowest BCUT2D eigenvalue weighted by atomic mass is 9.87. The Morgan fingerprint density at radius 3 is 2.50 bits per heavy atom. The molecule has 0 spiro atoms. The zero-order valence-corrected chi connectivity index (χ0v) is 18.5. The zero-order chi connectivity index (χ0) is 21.1. The van der Waals surface area contributed by atoms with Gasteiger partial charge in [-0.1, -0.05) is 19.1 Å². The Morgan fingerprint density at radius 1 is 1.07 bits per heavy atom. The average Bonchev–Trinajstić information content (AvgIpc) is 2.77. The fourth-order valence-corrected chi connectivity index (χ4v) is 5.83. The average molecular weight is 430 g/mol. The van der Waals surface area contributed by atoms with Crippen LogP contribution < -0.4 is 10.2 Å². The van der Waals surface area contributed by atoms with E-state index in [1.807, 2.05) is 29.2 Å². The molecule has 4 rings (SSSR count). The Kier molecular flexibility index (Phi) is 6.66. The number of fused-ring (bicyclic) bond motifs is 1. The van der Waals surface area contributed by atoms with Gasteiger partial charge in [-0.05, 0) is 63.0 Å². The molecule has 3 amide bonds. The van der Waals surface area contributed by atoms with E-state index in [0.29, 0.717) is 19.0 Å². The molecule has 1 saturated heterocycles. The number of piperidine rings is 1. The number of carbonyl (C=O) groups excluding carboxylic acids is 3. The van der Waals surface area contributed by atoms with E-state index in [-0.39, 0.29) is 30.3 Å². The second-order valence-electron chi connectivity index (χ2n) is 8.80. The van der Waals surface area contributed by atoms with Crippen molar-refractivity contribution in [3.63, 3.8) is 0 Å². The van der Waals surface area contributed by atoms with Crippen molar-refractivity contribution in [1.29, 1.82) is 0 Å². The number of carbonyl (C=O) groups is 3. The Hall–Kier alpha value is -2.02. The van der Waals surface area contributed by atoms with E-state index in [4.69, 9.17) is 0 Å². The summed E-state index contributed by atoms with van der Waals surface area (Å²) in [6, 6.07) is 7.75. The quantitative estimate of drug-likeness (QED) is 0.747. The molecule has 1 N–H and O–H groups in total. The second kappa shape index (κ2) is 9.41. The molecule has 30 heavy (non-hydrogen) atoms. The van der Waals surface area contributed by atoms with E-state index in [0.717, 1.165) is 55.5 Å². The molecule has 2 fully saturated rings. The van der Waals surface area contributed by atoms with Gasteiger partial charge in [0.1, 0.15) is 6.54 Å². The Morgan fingerprint density at radius 2 is 1.77 bits per heavy atom. The van der Waals surface area contributed by atoms with Crippen LogP contribution in [0.3, 0.4) is 0 Å². The maximum Gasteiger partial charge on any atom is 0.250 e. The molecule has 6 nitrogen and oxygen atoms in total. The number of rotatable bonds is 4. The first-order chi connectivity index (χ1) is 14.5. The van der Waals surface area contributed by atoms with Gasteiger partial charge in [-0.15, -0.1) is 11.8 Å². The molecule has 162 valence electrons. The molecule has 2 heterocycles. The van der Waals surface area contributed by atoms with Gasteiger partial charge in [-0.3, -0.25) is 14.4 Å².